The molecule has 1 aromatic rings. The van der Waals surface area contributed by atoms with E-state index in [2.05, 4.69) is 13.8 Å². The molecule has 0 aliphatic carbocycles. The number of carbonyl (C=O) groups is 2. The molecular formula is C13H15NO2. The normalized spacial score (nSPS) is 16.3. The van der Waals surface area contributed by atoms with E-state index in [0.717, 1.165) is 11.3 Å². The van der Waals surface area contributed by atoms with E-state index in [4.69, 9.17) is 0 Å². The van der Waals surface area contributed by atoms with E-state index in [1.807, 2.05) is 24.3 Å². The first-order valence-corrected chi connectivity index (χ1v) is 5.50. The molecule has 0 saturated carbocycles. The molecule has 0 bridgehead atoms. The smallest absolute Gasteiger partial charge is 0.234 e. The summed E-state index contributed by atoms with van der Waals surface area (Å²) in [5.41, 5.74) is 2.00. The summed E-state index contributed by atoms with van der Waals surface area (Å²) in [6.07, 6.45) is 0.0480. The van der Waals surface area contributed by atoms with Gasteiger partial charge in [-0.3, -0.25) is 9.59 Å². The third-order valence-corrected chi connectivity index (χ3v) is 2.83. The number of ketones is 1. The van der Waals surface area contributed by atoms with Gasteiger partial charge in [0.2, 0.25) is 5.91 Å². The quantitative estimate of drug-likeness (QED) is 0.711. The monoisotopic (exact) mass is 217 g/mol. The van der Waals surface area contributed by atoms with Gasteiger partial charge in [0.1, 0.15) is 0 Å². The van der Waals surface area contributed by atoms with Crippen LogP contribution in [0, 0.1) is 0 Å². The average molecular weight is 217 g/mol. The Morgan fingerprint density at radius 1 is 1.19 bits per heavy atom. The van der Waals surface area contributed by atoms with Gasteiger partial charge in [0.15, 0.2) is 5.78 Å². The van der Waals surface area contributed by atoms with Gasteiger partial charge < -0.3 is 4.90 Å². The molecule has 3 heteroatoms. The average Bonchev–Trinajstić information content (AvgIpc) is 2.57. The molecule has 0 unspecified atom stereocenters. The van der Waals surface area contributed by atoms with Crippen molar-refractivity contribution in [3.05, 3.63) is 29.8 Å². The number of rotatable bonds is 2. The van der Waals surface area contributed by atoms with E-state index in [9.17, 15) is 9.59 Å². The minimum atomic E-state index is -0.0851. The molecule has 16 heavy (non-hydrogen) atoms. The number of para-hydroxylation sites is 1. The summed E-state index contributed by atoms with van der Waals surface area (Å²) in [5, 5.41) is 0. The van der Waals surface area contributed by atoms with E-state index in [1.165, 1.54) is 0 Å². The summed E-state index contributed by atoms with van der Waals surface area (Å²) in [6.45, 7) is 4.39. The van der Waals surface area contributed by atoms with Crippen LogP contribution in [0.25, 0.3) is 0 Å². The maximum atomic E-state index is 11.7. The van der Waals surface area contributed by atoms with Gasteiger partial charge in [-0.05, 0) is 17.5 Å². The fraction of sp³-hybridized carbons (Fsp3) is 0.385. The van der Waals surface area contributed by atoms with Crippen LogP contribution >= 0.6 is 0 Å². The molecule has 84 valence electrons. The lowest BCUT2D eigenvalue weighted by atomic mass is 10.0. The van der Waals surface area contributed by atoms with Gasteiger partial charge >= 0.3 is 0 Å². The molecular weight excluding hydrogens is 202 g/mol. The highest BCUT2D eigenvalue weighted by Crippen LogP contribution is 2.29. The summed E-state index contributed by atoms with van der Waals surface area (Å²) in [5.74, 6) is 0.265. The summed E-state index contributed by atoms with van der Waals surface area (Å²) < 4.78 is 0. The molecule has 1 amide bonds. The van der Waals surface area contributed by atoms with Gasteiger partial charge in [-0.1, -0.05) is 32.0 Å². The summed E-state index contributed by atoms with van der Waals surface area (Å²) in [7, 11) is 0. The molecule has 0 N–H and O–H groups in total. The van der Waals surface area contributed by atoms with Crippen molar-refractivity contribution in [2.24, 2.45) is 0 Å². The molecule has 1 saturated heterocycles. The van der Waals surface area contributed by atoms with Crippen LogP contribution in [-0.4, -0.2) is 18.2 Å². The van der Waals surface area contributed by atoms with Crippen LogP contribution in [-0.2, 0) is 9.59 Å². The lowest BCUT2D eigenvalue weighted by molar-refractivity contribution is -0.121. The van der Waals surface area contributed by atoms with Crippen molar-refractivity contribution in [1.82, 2.24) is 0 Å². The molecule has 2 rings (SSSR count). The first kappa shape index (κ1) is 10.9. The zero-order valence-electron chi connectivity index (χ0n) is 9.56. The van der Waals surface area contributed by atoms with E-state index in [0.29, 0.717) is 5.92 Å². The van der Waals surface area contributed by atoms with E-state index in [1.54, 1.807) is 4.90 Å². The van der Waals surface area contributed by atoms with E-state index in [-0.39, 0.29) is 24.7 Å². The molecule has 1 aliphatic heterocycles. The second kappa shape index (κ2) is 4.08. The fourth-order valence-electron chi connectivity index (χ4n) is 2.03. The van der Waals surface area contributed by atoms with Crippen LogP contribution in [0.2, 0.25) is 0 Å². The SMILES string of the molecule is CC(C)c1ccccc1N1CC(=O)CC1=O. The zero-order valence-corrected chi connectivity index (χ0v) is 9.56. The van der Waals surface area contributed by atoms with Crippen LogP contribution in [0.1, 0.15) is 31.7 Å². The topological polar surface area (TPSA) is 37.4 Å². The largest absolute Gasteiger partial charge is 0.304 e. The number of carbonyl (C=O) groups excluding carboxylic acids is 2. The van der Waals surface area contributed by atoms with Gasteiger partial charge in [-0.2, -0.15) is 0 Å². The molecule has 0 atom stereocenters. The number of hydrogen-bond acceptors (Lipinski definition) is 2. The van der Waals surface area contributed by atoms with Crippen molar-refractivity contribution in [2.45, 2.75) is 26.2 Å². The molecule has 1 heterocycles. The molecule has 1 fully saturated rings. The van der Waals surface area contributed by atoms with E-state index < -0.39 is 0 Å². The Kier molecular flexibility index (Phi) is 2.77. The molecule has 0 spiro atoms. The van der Waals surface area contributed by atoms with Crippen LogP contribution in [0.15, 0.2) is 24.3 Å². The summed E-state index contributed by atoms with van der Waals surface area (Å²) >= 11 is 0. The lowest BCUT2D eigenvalue weighted by Gasteiger charge is -2.20. The van der Waals surface area contributed by atoms with Crippen molar-refractivity contribution >= 4 is 17.4 Å². The number of benzene rings is 1. The number of nitrogens with zero attached hydrogens (tertiary/aromatic N) is 1. The highest BCUT2D eigenvalue weighted by Gasteiger charge is 2.29. The molecule has 3 nitrogen and oxygen atoms in total. The Morgan fingerprint density at radius 3 is 2.44 bits per heavy atom. The van der Waals surface area contributed by atoms with Crippen molar-refractivity contribution in [3.8, 4) is 0 Å². The van der Waals surface area contributed by atoms with Crippen LogP contribution in [0.5, 0.6) is 0 Å². The maximum absolute atomic E-state index is 11.7. The van der Waals surface area contributed by atoms with Gasteiger partial charge in [-0.25, -0.2) is 0 Å². The second-order valence-corrected chi connectivity index (χ2v) is 4.41. The van der Waals surface area contributed by atoms with Crippen molar-refractivity contribution < 1.29 is 9.59 Å². The van der Waals surface area contributed by atoms with Crippen LogP contribution in [0.4, 0.5) is 5.69 Å². The third-order valence-electron chi connectivity index (χ3n) is 2.83. The summed E-state index contributed by atoms with van der Waals surface area (Å²) in [4.78, 5) is 24.5. The fourth-order valence-corrected chi connectivity index (χ4v) is 2.03. The van der Waals surface area contributed by atoms with Gasteiger partial charge in [0.25, 0.3) is 0 Å². The van der Waals surface area contributed by atoms with Crippen molar-refractivity contribution in [2.75, 3.05) is 11.4 Å². The lowest BCUT2D eigenvalue weighted by Crippen LogP contribution is -2.25. The minimum Gasteiger partial charge on any atom is -0.304 e. The number of anilines is 1. The van der Waals surface area contributed by atoms with Gasteiger partial charge in [0.05, 0.1) is 13.0 Å². The highest BCUT2D eigenvalue weighted by molar-refractivity contribution is 6.15. The molecule has 1 aliphatic rings. The summed E-state index contributed by atoms with van der Waals surface area (Å²) in [6, 6.07) is 7.78. The zero-order chi connectivity index (χ0) is 11.7. The van der Waals surface area contributed by atoms with Gasteiger partial charge in [-0.15, -0.1) is 0 Å². The first-order valence-electron chi connectivity index (χ1n) is 5.50. The maximum Gasteiger partial charge on any atom is 0.234 e. The number of hydrogen-bond donors (Lipinski definition) is 0. The molecule has 1 aromatic carbocycles. The molecule has 0 aromatic heterocycles. The third kappa shape index (κ3) is 1.85. The Hall–Kier alpha value is -1.64. The second-order valence-electron chi connectivity index (χ2n) is 4.41. The predicted molar refractivity (Wildman–Crippen MR) is 62.5 cm³/mol. The number of amides is 1. The Labute approximate surface area is 95.1 Å². The Morgan fingerprint density at radius 2 is 1.88 bits per heavy atom. The Balaban J connectivity index is 2.40. The number of Topliss-reactive ketones (excluding diaryl/α,β-unsaturated/α-hetero) is 1. The standard InChI is InChI=1S/C13H15NO2/c1-9(2)11-5-3-4-6-12(11)14-8-10(15)7-13(14)16/h3-6,9H,7-8H2,1-2H3. The first-order chi connectivity index (χ1) is 7.59. The Bertz CT molecular complexity index is 437. The highest BCUT2D eigenvalue weighted by atomic mass is 16.2. The predicted octanol–water partition coefficient (Wildman–Crippen LogP) is 2.12. The van der Waals surface area contributed by atoms with Crippen LogP contribution in [0.3, 0.4) is 0 Å². The van der Waals surface area contributed by atoms with Crippen molar-refractivity contribution in [1.29, 1.82) is 0 Å². The minimum absolute atomic E-state index is 0.00330. The van der Waals surface area contributed by atoms with Crippen molar-refractivity contribution in [3.63, 3.8) is 0 Å². The van der Waals surface area contributed by atoms with E-state index >= 15 is 0 Å². The van der Waals surface area contributed by atoms with Gasteiger partial charge in [0, 0.05) is 5.69 Å². The molecule has 0 radical (unpaired) electrons. The van der Waals surface area contributed by atoms with Crippen LogP contribution < -0.4 is 4.90 Å².